The number of carbonyl (C=O) groups is 2. The number of carbonyl (C=O) groups excluding carboxylic acids is 2. The highest BCUT2D eigenvalue weighted by Crippen LogP contribution is 2.18. The second-order valence-electron chi connectivity index (χ2n) is 4.05. The standard InChI is InChI=1S/C10H19N3O2.ClH/c1-3-8(11)10(15)13(2)6-9(14)12-7-4-5-7;/h7-8H,3-6,11H2,1-2H3,(H,12,14);1H/t8-;/m0./s1. The predicted molar refractivity (Wildman–Crippen MR) is 64.3 cm³/mol. The Hall–Kier alpha value is -0.810. The Bertz CT molecular complexity index is 256. The highest BCUT2D eigenvalue weighted by atomic mass is 35.5. The lowest BCUT2D eigenvalue weighted by Crippen LogP contribution is -2.45. The van der Waals surface area contributed by atoms with Gasteiger partial charge in [0.1, 0.15) is 0 Å². The Balaban J connectivity index is 0.00000225. The Labute approximate surface area is 102 Å². The molecule has 0 unspecified atom stereocenters. The smallest absolute Gasteiger partial charge is 0.239 e. The van der Waals surface area contributed by atoms with E-state index >= 15 is 0 Å². The lowest BCUT2D eigenvalue weighted by Gasteiger charge is -2.19. The molecule has 5 nitrogen and oxygen atoms in total. The predicted octanol–water partition coefficient (Wildman–Crippen LogP) is -0.117. The van der Waals surface area contributed by atoms with Crippen LogP contribution >= 0.6 is 12.4 Å². The summed E-state index contributed by atoms with van der Waals surface area (Å²) in [5.74, 6) is -0.278. The quantitative estimate of drug-likeness (QED) is 0.714. The van der Waals surface area contributed by atoms with Crippen LogP contribution in [-0.2, 0) is 9.59 Å². The second kappa shape index (κ2) is 6.70. The fourth-order valence-electron chi connectivity index (χ4n) is 1.25. The van der Waals surface area contributed by atoms with Gasteiger partial charge in [0.15, 0.2) is 0 Å². The van der Waals surface area contributed by atoms with Gasteiger partial charge >= 0.3 is 0 Å². The van der Waals surface area contributed by atoms with E-state index in [1.54, 1.807) is 7.05 Å². The number of rotatable bonds is 5. The van der Waals surface area contributed by atoms with E-state index in [9.17, 15) is 9.59 Å². The molecule has 1 aliphatic rings. The Morgan fingerprint density at radius 1 is 1.50 bits per heavy atom. The largest absolute Gasteiger partial charge is 0.352 e. The van der Waals surface area contributed by atoms with Crippen molar-refractivity contribution in [3.05, 3.63) is 0 Å². The van der Waals surface area contributed by atoms with Crippen LogP contribution in [0.25, 0.3) is 0 Å². The van der Waals surface area contributed by atoms with Crippen LogP contribution < -0.4 is 11.1 Å². The van der Waals surface area contributed by atoms with E-state index in [1.807, 2.05) is 6.92 Å². The molecule has 0 radical (unpaired) electrons. The molecule has 16 heavy (non-hydrogen) atoms. The van der Waals surface area contributed by atoms with Gasteiger partial charge in [0.2, 0.25) is 11.8 Å². The molecule has 0 heterocycles. The number of nitrogens with two attached hydrogens (primary N) is 1. The van der Waals surface area contributed by atoms with E-state index in [0.717, 1.165) is 12.8 Å². The maximum atomic E-state index is 11.5. The summed E-state index contributed by atoms with van der Waals surface area (Å²) >= 11 is 0. The van der Waals surface area contributed by atoms with Gasteiger partial charge in [-0.25, -0.2) is 0 Å². The molecule has 1 rings (SSSR count). The average molecular weight is 250 g/mol. The summed E-state index contributed by atoms with van der Waals surface area (Å²) in [6.45, 7) is 1.95. The van der Waals surface area contributed by atoms with Crippen LogP contribution in [0.3, 0.4) is 0 Å². The van der Waals surface area contributed by atoms with Crippen molar-refractivity contribution >= 4 is 24.2 Å². The van der Waals surface area contributed by atoms with Crippen molar-refractivity contribution in [1.29, 1.82) is 0 Å². The Morgan fingerprint density at radius 2 is 2.06 bits per heavy atom. The number of amides is 2. The van der Waals surface area contributed by atoms with Crippen molar-refractivity contribution in [3.8, 4) is 0 Å². The molecular weight excluding hydrogens is 230 g/mol. The minimum atomic E-state index is -0.497. The highest BCUT2D eigenvalue weighted by Gasteiger charge is 2.25. The molecule has 2 amide bonds. The molecule has 94 valence electrons. The van der Waals surface area contributed by atoms with E-state index < -0.39 is 6.04 Å². The minimum absolute atomic E-state index is 0. The number of hydrogen-bond donors (Lipinski definition) is 2. The zero-order valence-corrected chi connectivity index (χ0v) is 10.5. The zero-order valence-electron chi connectivity index (χ0n) is 9.73. The van der Waals surface area contributed by atoms with Crippen LogP contribution in [0.4, 0.5) is 0 Å². The van der Waals surface area contributed by atoms with Crippen molar-refractivity contribution < 1.29 is 9.59 Å². The molecule has 1 aliphatic carbocycles. The van der Waals surface area contributed by atoms with E-state index in [-0.39, 0.29) is 30.8 Å². The van der Waals surface area contributed by atoms with Crippen LogP contribution in [0.5, 0.6) is 0 Å². The molecule has 0 aromatic carbocycles. The zero-order chi connectivity index (χ0) is 11.4. The number of nitrogens with one attached hydrogen (secondary N) is 1. The van der Waals surface area contributed by atoms with Crippen molar-refractivity contribution in [2.45, 2.75) is 38.3 Å². The van der Waals surface area contributed by atoms with Crippen LogP contribution in [0.2, 0.25) is 0 Å². The van der Waals surface area contributed by atoms with Crippen LogP contribution in [0.1, 0.15) is 26.2 Å². The molecule has 0 bridgehead atoms. The second-order valence-corrected chi connectivity index (χ2v) is 4.05. The lowest BCUT2D eigenvalue weighted by atomic mass is 10.2. The summed E-state index contributed by atoms with van der Waals surface area (Å²) in [5.41, 5.74) is 5.58. The molecule has 0 aromatic rings. The summed E-state index contributed by atoms with van der Waals surface area (Å²) in [7, 11) is 1.60. The Morgan fingerprint density at radius 3 is 2.50 bits per heavy atom. The lowest BCUT2D eigenvalue weighted by molar-refractivity contribution is -0.135. The molecule has 0 spiro atoms. The van der Waals surface area contributed by atoms with Gasteiger partial charge in [0.05, 0.1) is 12.6 Å². The topological polar surface area (TPSA) is 75.4 Å². The van der Waals surface area contributed by atoms with E-state index in [1.165, 1.54) is 4.90 Å². The maximum Gasteiger partial charge on any atom is 0.239 e. The summed E-state index contributed by atoms with van der Waals surface area (Å²) in [5, 5.41) is 2.82. The SMILES string of the molecule is CC[C@H](N)C(=O)N(C)CC(=O)NC1CC1.Cl. The monoisotopic (exact) mass is 249 g/mol. The summed E-state index contributed by atoms with van der Waals surface area (Å²) in [6, 6.07) is -0.162. The molecule has 1 fully saturated rings. The van der Waals surface area contributed by atoms with Crippen LogP contribution in [0.15, 0.2) is 0 Å². The molecule has 3 N–H and O–H groups in total. The van der Waals surface area contributed by atoms with Crippen LogP contribution in [0, 0.1) is 0 Å². The fraction of sp³-hybridized carbons (Fsp3) is 0.800. The average Bonchev–Trinajstić information content (AvgIpc) is 2.98. The van der Waals surface area contributed by atoms with E-state index in [2.05, 4.69) is 5.32 Å². The molecule has 1 atom stereocenters. The first kappa shape index (κ1) is 15.2. The van der Waals surface area contributed by atoms with Gasteiger partial charge in [-0.2, -0.15) is 0 Å². The first-order chi connectivity index (χ1) is 7.04. The van der Waals surface area contributed by atoms with Gasteiger partial charge in [-0.15, -0.1) is 12.4 Å². The third-order valence-corrected chi connectivity index (χ3v) is 2.46. The number of likely N-dealkylation sites (N-methyl/N-ethyl adjacent to an activating group) is 1. The van der Waals surface area contributed by atoms with Gasteiger partial charge in [-0.1, -0.05) is 6.92 Å². The van der Waals surface area contributed by atoms with E-state index in [4.69, 9.17) is 5.73 Å². The first-order valence-electron chi connectivity index (χ1n) is 5.34. The van der Waals surface area contributed by atoms with Crippen molar-refractivity contribution in [1.82, 2.24) is 10.2 Å². The molecular formula is C10H20ClN3O2. The summed E-state index contributed by atoms with van der Waals surface area (Å²) in [6.07, 6.45) is 2.70. The van der Waals surface area contributed by atoms with E-state index in [0.29, 0.717) is 12.5 Å². The molecule has 1 saturated carbocycles. The van der Waals surface area contributed by atoms with Crippen LogP contribution in [-0.4, -0.2) is 42.4 Å². The van der Waals surface area contributed by atoms with Gasteiger partial charge in [0, 0.05) is 13.1 Å². The summed E-state index contributed by atoms with van der Waals surface area (Å²) in [4.78, 5) is 24.3. The molecule has 0 saturated heterocycles. The third-order valence-electron chi connectivity index (χ3n) is 2.46. The highest BCUT2D eigenvalue weighted by molar-refractivity contribution is 5.87. The molecule has 6 heteroatoms. The van der Waals surface area contributed by atoms with Gasteiger partial charge in [0.25, 0.3) is 0 Å². The number of halogens is 1. The molecule has 0 aromatic heterocycles. The fourth-order valence-corrected chi connectivity index (χ4v) is 1.25. The Kier molecular flexibility index (Phi) is 6.36. The maximum absolute atomic E-state index is 11.5. The van der Waals surface area contributed by atoms with Crippen molar-refractivity contribution in [2.75, 3.05) is 13.6 Å². The normalized spacial score (nSPS) is 15.9. The third kappa shape index (κ3) is 4.81. The van der Waals surface area contributed by atoms with Gasteiger partial charge < -0.3 is 16.0 Å². The van der Waals surface area contributed by atoms with Crippen molar-refractivity contribution in [2.24, 2.45) is 5.73 Å². The van der Waals surface area contributed by atoms with Gasteiger partial charge in [-0.05, 0) is 19.3 Å². The number of nitrogens with zero attached hydrogens (tertiary/aromatic N) is 1. The van der Waals surface area contributed by atoms with Crippen molar-refractivity contribution in [3.63, 3.8) is 0 Å². The minimum Gasteiger partial charge on any atom is -0.352 e. The molecule has 0 aliphatic heterocycles. The first-order valence-corrected chi connectivity index (χ1v) is 5.34. The van der Waals surface area contributed by atoms with Gasteiger partial charge in [-0.3, -0.25) is 9.59 Å². The number of hydrogen-bond acceptors (Lipinski definition) is 3. The summed E-state index contributed by atoms with van der Waals surface area (Å²) < 4.78 is 0.